The second kappa shape index (κ2) is 9.68. The quantitative estimate of drug-likeness (QED) is 0.545. The minimum Gasteiger partial charge on any atom is -1.00 e. The smallest absolute Gasteiger partial charge is 1.00 e. The first kappa shape index (κ1) is 22.4. The number of hydrogen-bond donors (Lipinski definition) is 1. The number of rotatable bonds is 7. The van der Waals surface area contributed by atoms with E-state index in [1.54, 1.807) is 12.3 Å². The van der Waals surface area contributed by atoms with Crippen LogP contribution >= 0.6 is 0 Å². The zero-order chi connectivity index (χ0) is 19.6. The number of ether oxygens (including phenoxy) is 3. The van der Waals surface area contributed by atoms with Gasteiger partial charge in [0.05, 0.1) is 46.5 Å². The van der Waals surface area contributed by atoms with E-state index in [1.165, 1.54) is 0 Å². The average molecular weight is 425 g/mol. The van der Waals surface area contributed by atoms with Crippen LogP contribution in [0.15, 0.2) is 41.7 Å². The Kier molecular flexibility index (Phi) is 7.47. The van der Waals surface area contributed by atoms with E-state index in [-0.39, 0.29) is 36.7 Å². The molecule has 4 rings (SSSR count). The largest absolute Gasteiger partial charge is 1.00 e. The minimum atomic E-state index is -1.34. The van der Waals surface area contributed by atoms with Crippen molar-refractivity contribution in [3.05, 3.63) is 47.8 Å². The summed E-state index contributed by atoms with van der Waals surface area (Å²) >= 11 is 0. The molecular weight excluding hydrogens is 401 g/mol. The molecule has 0 amide bonds. The molecule has 3 aromatic rings. The Labute approximate surface area is 195 Å². The van der Waals surface area contributed by atoms with E-state index in [2.05, 4.69) is 15.0 Å². The molecule has 0 bridgehead atoms. The first-order valence-corrected chi connectivity index (χ1v) is 10.6. The minimum absolute atomic E-state index is 0. The number of imidazole rings is 1. The van der Waals surface area contributed by atoms with Crippen LogP contribution in [0.25, 0.3) is 11.0 Å². The normalized spacial score (nSPS) is 16.5. The van der Waals surface area contributed by atoms with Gasteiger partial charge < -0.3 is 20.6 Å². The van der Waals surface area contributed by atoms with Crippen molar-refractivity contribution >= 4 is 21.8 Å². The number of hydrogen-bond acceptors (Lipinski definition) is 6. The molecule has 1 N–H and O–H groups in total. The van der Waals surface area contributed by atoms with Crippen LogP contribution in [-0.2, 0) is 26.0 Å². The first-order chi connectivity index (χ1) is 13.6. The topological polar surface area (TPSA) is 86.3 Å². The maximum absolute atomic E-state index is 12.8. The Balaban J connectivity index is 0.00000160. The predicted molar refractivity (Wildman–Crippen MR) is 107 cm³/mol. The number of benzene rings is 1. The number of H-pyrrole nitrogens is 1. The Morgan fingerprint density at radius 2 is 2.03 bits per heavy atom. The molecule has 0 radical (unpaired) electrons. The van der Waals surface area contributed by atoms with Crippen LogP contribution in [0.2, 0.25) is 0 Å². The maximum Gasteiger partial charge on any atom is 1.00 e. The number of para-hydroxylation sites is 2. The van der Waals surface area contributed by atoms with Gasteiger partial charge in [0.25, 0.3) is 0 Å². The van der Waals surface area contributed by atoms with E-state index in [4.69, 9.17) is 14.2 Å². The molecule has 29 heavy (non-hydrogen) atoms. The molecule has 3 heterocycles. The van der Waals surface area contributed by atoms with Crippen molar-refractivity contribution in [1.29, 1.82) is 0 Å². The summed E-state index contributed by atoms with van der Waals surface area (Å²) in [7, 11) is -1.34. The second-order valence-electron chi connectivity index (χ2n) is 6.68. The van der Waals surface area contributed by atoms with E-state index in [0.29, 0.717) is 37.1 Å². The molecule has 2 aromatic heterocycles. The van der Waals surface area contributed by atoms with Crippen molar-refractivity contribution in [2.75, 3.05) is 19.8 Å². The monoisotopic (exact) mass is 425 g/mol. The average Bonchev–Trinajstić information content (AvgIpc) is 3.36. The van der Waals surface area contributed by atoms with Gasteiger partial charge in [0.2, 0.25) is 5.79 Å². The molecule has 1 unspecified atom stereocenters. The molecule has 0 saturated carbocycles. The fourth-order valence-electron chi connectivity index (χ4n) is 3.16. The predicted octanol–water partition coefficient (Wildman–Crippen LogP) is 0.223. The molecule has 150 valence electrons. The van der Waals surface area contributed by atoms with Crippen LogP contribution in [0.1, 0.15) is 26.0 Å². The molecule has 1 saturated heterocycles. The first-order valence-electron chi connectivity index (χ1n) is 9.28. The van der Waals surface area contributed by atoms with Gasteiger partial charge in [-0.25, -0.2) is 4.98 Å². The SMILES string of the molecule is CCC1(COc2ccnc(CS(=O)c3nc4ccccc4[nH]3)c2C)OCCO1.[H-].[Na+]. The van der Waals surface area contributed by atoms with Crippen LogP contribution in [-0.4, -0.2) is 44.8 Å². The van der Waals surface area contributed by atoms with E-state index >= 15 is 0 Å². The Morgan fingerprint density at radius 3 is 2.76 bits per heavy atom. The Bertz CT molecular complexity index is 978. The third-order valence-electron chi connectivity index (χ3n) is 4.91. The number of aromatic nitrogens is 3. The number of pyridine rings is 1. The van der Waals surface area contributed by atoms with Crippen LogP contribution in [0.5, 0.6) is 5.75 Å². The van der Waals surface area contributed by atoms with E-state index in [9.17, 15) is 4.21 Å². The molecule has 0 aliphatic carbocycles. The summed E-state index contributed by atoms with van der Waals surface area (Å²) in [6, 6.07) is 9.43. The number of nitrogens with zero attached hydrogens (tertiary/aromatic N) is 2. The third-order valence-corrected chi connectivity index (χ3v) is 6.07. The summed E-state index contributed by atoms with van der Waals surface area (Å²) in [6.45, 7) is 5.39. The zero-order valence-corrected chi connectivity index (χ0v) is 19.8. The summed E-state index contributed by atoms with van der Waals surface area (Å²) in [5.74, 6) is 0.264. The number of fused-ring (bicyclic) bond motifs is 1. The van der Waals surface area contributed by atoms with Gasteiger partial charge in [0, 0.05) is 18.2 Å². The molecule has 1 aliphatic heterocycles. The molecular formula is C20H24N3NaO4S. The zero-order valence-electron chi connectivity index (χ0n) is 17.9. The fraction of sp³-hybridized carbons (Fsp3) is 0.400. The van der Waals surface area contributed by atoms with Crippen molar-refractivity contribution in [3.63, 3.8) is 0 Å². The third kappa shape index (κ3) is 4.90. The van der Waals surface area contributed by atoms with Gasteiger partial charge in [-0.3, -0.25) is 9.19 Å². The standard InChI is InChI=1S/C20H23N3O4S.Na.H/c1-3-20(26-10-11-27-20)13-25-18-8-9-21-17(14(18)2)12-28(24)19-22-15-6-4-5-7-16(15)23-19;;/h4-9H,3,10-13H2,1-2H3,(H,22,23);;/q;+1;-1. The summed E-state index contributed by atoms with van der Waals surface area (Å²) in [4.78, 5) is 11.9. The van der Waals surface area contributed by atoms with Gasteiger partial charge in [-0.1, -0.05) is 19.1 Å². The van der Waals surface area contributed by atoms with Gasteiger partial charge in [-0.2, -0.15) is 0 Å². The van der Waals surface area contributed by atoms with Crippen LogP contribution in [0.3, 0.4) is 0 Å². The molecule has 0 spiro atoms. The summed E-state index contributed by atoms with van der Waals surface area (Å²) in [5, 5.41) is 0.450. The van der Waals surface area contributed by atoms with Crippen LogP contribution in [0.4, 0.5) is 0 Å². The van der Waals surface area contributed by atoms with Crippen molar-refractivity contribution in [1.82, 2.24) is 15.0 Å². The molecule has 1 atom stereocenters. The maximum atomic E-state index is 12.8. The molecule has 1 aromatic carbocycles. The number of nitrogens with one attached hydrogen (secondary N) is 1. The fourth-order valence-corrected chi connectivity index (χ4v) is 4.26. The van der Waals surface area contributed by atoms with Gasteiger partial charge in [0.1, 0.15) is 12.4 Å². The Morgan fingerprint density at radius 1 is 1.28 bits per heavy atom. The second-order valence-corrected chi connectivity index (χ2v) is 8.05. The number of aromatic amines is 1. The van der Waals surface area contributed by atoms with Crippen molar-refractivity contribution < 1.29 is 49.4 Å². The summed E-state index contributed by atoms with van der Waals surface area (Å²) in [5.41, 5.74) is 3.24. The molecule has 1 aliphatic rings. The van der Waals surface area contributed by atoms with E-state index < -0.39 is 16.6 Å². The molecule has 9 heteroatoms. The molecule has 1 fully saturated rings. The molecule has 7 nitrogen and oxygen atoms in total. The Hall–Kier alpha value is -1.29. The van der Waals surface area contributed by atoms with Gasteiger partial charge in [-0.15, -0.1) is 0 Å². The van der Waals surface area contributed by atoms with Gasteiger partial charge in [0.15, 0.2) is 5.16 Å². The van der Waals surface area contributed by atoms with Crippen molar-refractivity contribution in [3.8, 4) is 5.75 Å². The van der Waals surface area contributed by atoms with Gasteiger partial charge >= 0.3 is 29.6 Å². The van der Waals surface area contributed by atoms with Gasteiger partial charge in [-0.05, 0) is 25.1 Å². The van der Waals surface area contributed by atoms with Crippen LogP contribution < -0.4 is 34.3 Å². The van der Waals surface area contributed by atoms with Crippen LogP contribution in [0, 0.1) is 6.92 Å². The van der Waals surface area contributed by atoms with E-state index in [1.807, 2.05) is 38.1 Å². The van der Waals surface area contributed by atoms with Crippen molar-refractivity contribution in [2.24, 2.45) is 0 Å². The van der Waals surface area contributed by atoms with E-state index in [0.717, 1.165) is 22.3 Å². The summed E-state index contributed by atoms with van der Waals surface area (Å²) < 4.78 is 30.2. The van der Waals surface area contributed by atoms with Crippen molar-refractivity contribution in [2.45, 2.75) is 37.0 Å². The summed E-state index contributed by atoms with van der Waals surface area (Å²) in [6.07, 6.45) is 2.38.